The van der Waals surface area contributed by atoms with E-state index in [2.05, 4.69) is 10.3 Å². The van der Waals surface area contributed by atoms with E-state index in [4.69, 9.17) is 0 Å². The van der Waals surface area contributed by atoms with Crippen LogP contribution in [0.1, 0.15) is 17.4 Å². The van der Waals surface area contributed by atoms with Crippen molar-refractivity contribution in [3.8, 4) is 5.75 Å². The van der Waals surface area contributed by atoms with Crippen molar-refractivity contribution in [1.29, 1.82) is 0 Å². The zero-order valence-electron chi connectivity index (χ0n) is 9.14. The van der Waals surface area contributed by atoms with Crippen molar-refractivity contribution in [2.45, 2.75) is 12.2 Å². The van der Waals surface area contributed by atoms with Crippen LogP contribution in [0, 0.1) is 0 Å². The molecule has 0 aliphatic carbocycles. The van der Waals surface area contributed by atoms with Crippen LogP contribution in [0.15, 0.2) is 18.3 Å². The van der Waals surface area contributed by atoms with Gasteiger partial charge >= 0.3 is 0 Å². The van der Waals surface area contributed by atoms with Crippen molar-refractivity contribution in [2.24, 2.45) is 0 Å². The molecule has 0 saturated heterocycles. The average Bonchev–Trinajstić information content (AvgIpc) is 2.25. The zero-order chi connectivity index (χ0) is 12.1. The standard InChI is InChI=1S/C10H14N2O3S/c1-7(16(2)15)6-12-10(14)9-8(13)4-3-5-11-9/h3-5,7,13H,6H2,1-2H3,(H,12,14). The molecule has 0 aromatic carbocycles. The predicted molar refractivity (Wildman–Crippen MR) is 61.8 cm³/mol. The Balaban J connectivity index is 2.60. The van der Waals surface area contributed by atoms with Gasteiger partial charge in [0.2, 0.25) is 0 Å². The maximum Gasteiger partial charge on any atom is 0.273 e. The molecule has 2 unspecified atom stereocenters. The number of rotatable bonds is 4. The fourth-order valence-electron chi connectivity index (χ4n) is 1.01. The summed E-state index contributed by atoms with van der Waals surface area (Å²) >= 11 is 0. The van der Waals surface area contributed by atoms with Gasteiger partial charge in [0.1, 0.15) is 5.75 Å². The van der Waals surface area contributed by atoms with E-state index in [0.29, 0.717) is 0 Å². The number of carbonyl (C=O) groups is 1. The van der Waals surface area contributed by atoms with Crippen molar-refractivity contribution >= 4 is 16.7 Å². The van der Waals surface area contributed by atoms with Crippen LogP contribution >= 0.6 is 0 Å². The number of carbonyl (C=O) groups excluding carboxylic acids is 1. The summed E-state index contributed by atoms with van der Waals surface area (Å²) in [7, 11) is -0.986. The molecule has 1 rings (SSSR count). The molecular weight excluding hydrogens is 228 g/mol. The molecule has 0 aliphatic heterocycles. The lowest BCUT2D eigenvalue weighted by molar-refractivity contribution is 0.0946. The number of amides is 1. The Morgan fingerprint density at radius 3 is 2.94 bits per heavy atom. The Morgan fingerprint density at radius 1 is 1.69 bits per heavy atom. The van der Waals surface area contributed by atoms with Gasteiger partial charge in [-0.2, -0.15) is 0 Å². The van der Waals surface area contributed by atoms with Gasteiger partial charge in [0.05, 0.1) is 0 Å². The average molecular weight is 242 g/mol. The number of hydrogen-bond donors (Lipinski definition) is 2. The summed E-state index contributed by atoms with van der Waals surface area (Å²) in [6.07, 6.45) is 3.01. The molecule has 88 valence electrons. The Labute approximate surface area is 96.4 Å². The number of nitrogens with one attached hydrogen (secondary N) is 1. The van der Waals surface area contributed by atoms with Gasteiger partial charge in [0.15, 0.2) is 5.69 Å². The Morgan fingerprint density at radius 2 is 2.38 bits per heavy atom. The van der Waals surface area contributed by atoms with Crippen molar-refractivity contribution in [2.75, 3.05) is 12.8 Å². The van der Waals surface area contributed by atoms with Gasteiger partial charge in [-0.3, -0.25) is 9.00 Å². The SMILES string of the molecule is CC(CNC(=O)c1ncccc1O)S(C)=O. The highest BCUT2D eigenvalue weighted by molar-refractivity contribution is 7.84. The van der Waals surface area contributed by atoms with E-state index in [-0.39, 0.29) is 23.2 Å². The zero-order valence-corrected chi connectivity index (χ0v) is 9.95. The summed E-state index contributed by atoms with van der Waals surface area (Å²) in [6, 6.07) is 2.93. The second-order valence-corrected chi connectivity index (χ2v) is 5.19. The molecule has 0 fully saturated rings. The van der Waals surface area contributed by atoms with E-state index in [9.17, 15) is 14.1 Å². The van der Waals surface area contributed by atoms with Crippen molar-refractivity contribution < 1.29 is 14.1 Å². The van der Waals surface area contributed by atoms with E-state index in [1.54, 1.807) is 13.2 Å². The van der Waals surface area contributed by atoms with Crippen LogP contribution in [-0.2, 0) is 10.8 Å². The quantitative estimate of drug-likeness (QED) is 0.795. The lowest BCUT2D eigenvalue weighted by Crippen LogP contribution is -2.33. The van der Waals surface area contributed by atoms with Gasteiger partial charge < -0.3 is 10.4 Å². The molecule has 0 spiro atoms. The minimum absolute atomic E-state index is 0.0171. The molecule has 0 aliphatic rings. The van der Waals surface area contributed by atoms with Crippen LogP contribution < -0.4 is 5.32 Å². The maximum absolute atomic E-state index is 11.6. The molecular formula is C10H14N2O3S. The van der Waals surface area contributed by atoms with Crippen molar-refractivity contribution in [3.63, 3.8) is 0 Å². The maximum atomic E-state index is 11.6. The molecule has 0 bridgehead atoms. The minimum atomic E-state index is -0.986. The molecule has 2 atom stereocenters. The number of pyridine rings is 1. The highest BCUT2D eigenvalue weighted by Gasteiger charge is 2.13. The fraction of sp³-hybridized carbons (Fsp3) is 0.400. The van der Waals surface area contributed by atoms with Gasteiger partial charge in [-0.25, -0.2) is 4.98 Å². The molecule has 6 heteroatoms. The van der Waals surface area contributed by atoms with Crippen molar-refractivity contribution in [1.82, 2.24) is 10.3 Å². The monoisotopic (exact) mass is 242 g/mol. The molecule has 0 saturated carbocycles. The summed E-state index contributed by atoms with van der Waals surface area (Å²) in [5, 5.41) is 11.8. The highest BCUT2D eigenvalue weighted by atomic mass is 32.2. The first-order valence-corrected chi connectivity index (χ1v) is 6.39. The molecule has 1 aromatic heterocycles. The topological polar surface area (TPSA) is 79.3 Å². The van der Waals surface area contributed by atoms with Crippen molar-refractivity contribution in [3.05, 3.63) is 24.0 Å². The Bertz CT molecular complexity index is 409. The summed E-state index contributed by atoms with van der Waals surface area (Å²) < 4.78 is 11.1. The third-order valence-electron chi connectivity index (χ3n) is 2.12. The highest BCUT2D eigenvalue weighted by Crippen LogP contribution is 2.11. The number of hydrogen-bond acceptors (Lipinski definition) is 4. The van der Waals surface area contributed by atoms with Gasteiger partial charge in [0, 0.05) is 35.0 Å². The second-order valence-electron chi connectivity index (χ2n) is 3.39. The third-order valence-corrected chi connectivity index (χ3v) is 3.42. The van der Waals surface area contributed by atoms with E-state index >= 15 is 0 Å². The molecule has 1 amide bonds. The Hall–Kier alpha value is -1.43. The number of aromatic hydroxyl groups is 1. The van der Waals surface area contributed by atoms with Gasteiger partial charge in [0.25, 0.3) is 5.91 Å². The lowest BCUT2D eigenvalue weighted by atomic mass is 10.3. The van der Waals surface area contributed by atoms with E-state index in [0.717, 1.165) is 0 Å². The van der Waals surface area contributed by atoms with Gasteiger partial charge in [-0.05, 0) is 19.1 Å². The Kier molecular flexibility index (Phi) is 4.42. The van der Waals surface area contributed by atoms with Gasteiger partial charge in [-0.1, -0.05) is 0 Å². The molecule has 16 heavy (non-hydrogen) atoms. The fourth-order valence-corrected chi connectivity index (χ4v) is 1.33. The number of nitrogens with zero attached hydrogens (tertiary/aromatic N) is 1. The van der Waals surface area contributed by atoms with Crippen LogP contribution in [-0.4, -0.2) is 38.3 Å². The smallest absolute Gasteiger partial charge is 0.273 e. The van der Waals surface area contributed by atoms with Crippen LogP contribution in [0.25, 0.3) is 0 Å². The molecule has 1 aromatic rings. The molecule has 0 radical (unpaired) electrons. The number of aromatic nitrogens is 1. The van der Waals surface area contributed by atoms with Crippen LogP contribution in [0.4, 0.5) is 0 Å². The minimum Gasteiger partial charge on any atom is -0.505 e. The van der Waals surface area contributed by atoms with Crippen LogP contribution in [0.2, 0.25) is 0 Å². The summed E-state index contributed by atoms with van der Waals surface area (Å²) in [5.74, 6) is -0.624. The predicted octanol–water partition coefficient (Wildman–Crippen LogP) is 0.284. The van der Waals surface area contributed by atoms with E-state index in [1.165, 1.54) is 18.3 Å². The first-order valence-electron chi connectivity index (χ1n) is 4.76. The van der Waals surface area contributed by atoms with E-state index < -0.39 is 16.7 Å². The largest absolute Gasteiger partial charge is 0.505 e. The van der Waals surface area contributed by atoms with Crippen LogP contribution in [0.3, 0.4) is 0 Å². The summed E-state index contributed by atoms with van der Waals surface area (Å²) in [6.45, 7) is 2.06. The summed E-state index contributed by atoms with van der Waals surface area (Å²) in [5.41, 5.74) is -0.0171. The molecule has 2 N–H and O–H groups in total. The lowest BCUT2D eigenvalue weighted by Gasteiger charge is -2.09. The van der Waals surface area contributed by atoms with Gasteiger partial charge in [-0.15, -0.1) is 0 Å². The van der Waals surface area contributed by atoms with E-state index in [1.807, 2.05) is 0 Å². The second kappa shape index (κ2) is 5.60. The first kappa shape index (κ1) is 12.6. The first-order chi connectivity index (χ1) is 7.52. The van der Waals surface area contributed by atoms with Crippen LogP contribution in [0.5, 0.6) is 5.75 Å². The molecule has 1 heterocycles. The summed E-state index contributed by atoms with van der Waals surface area (Å²) in [4.78, 5) is 15.3. The molecule has 5 nitrogen and oxygen atoms in total. The normalized spacial score (nSPS) is 14.1. The third kappa shape index (κ3) is 3.30.